The van der Waals surface area contributed by atoms with Crippen molar-refractivity contribution in [2.24, 2.45) is 0 Å². The zero-order valence-electron chi connectivity index (χ0n) is 17.1. The number of pyridine rings is 1. The number of nitrogens with zero attached hydrogens (tertiary/aromatic N) is 3. The van der Waals surface area contributed by atoms with Crippen LogP contribution in [-0.4, -0.2) is 33.2 Å². The van der Waals surface area contributed by atoms with Crippen molar-refractivity contribution in [2.75, 3.05) is 17.6 Å². The van der Waals surface area contributed by atoms with E-state index in [1.807, 2.05) is 35.7 Å². The zero-order chi connectivity index (χ0) is 22.3. The molecule has 0 aliphatic heterocycles. The Bertz CT molecular complexity index is 1190. The molecule has 0 fully saturated rings. The van der Waals surface area contributed by atoms with E-state index in [4.69, 9.17) is 5.73 Å². The normalized spacial score (nSPS) is 10.5. The number of aromatic nitrogens is 2. The summed E-state index contributed by atoms with van der Waals surface area (Å²) in [4.78, 5) is 35.6. The monoisotopic (exact) mass is 443 g/mol. The molecule has 0 saturated carbocycles. The fourth-order valence-corrected chi connectivity index (χ4v) is 3.76. The highest BCUT2D eigenvalue weighted by Crippen LogP contribution is 2.24. The zero-order valence-corrected chi connectivity index (χ0v) is 18.0. The number of hydrogen-bond acceptors (Lipinski definition) is 6. The van der Waals surface area contributed by atoms with Crippen LogP contribution in [0.4, 0.5) is 10.8 Å². The summed E-state index contributed by atoms with van der Waals surface area (Å²) in [7, 11) is 0. The molecule has 2 aromatic carbocycles. The lowest BCUT2D eigenvalue weighted by Gasteiger charge is -2.22. The first-order chi connectivity index (χ1) is 15.6. The molecular formula is C24H21N5O2S. The molecule has 7 nitrogen and oxygen atoms in total. The number of nitrogen functional groups attached to an aromatic ring is 1. The molecule has 0 spiro atoms. The lowest BCUT2D eigenvalue weighted by molar-refractivity contribution is -0.117. The van der Waals surface area contributed by atoms with Gasteiger partial charge in [-0.25, -0.2) is 4.98 Å². The first kappa shape index (κ1) is 21.2. The fraction of sp³-hybridized carbons (Fsp3) is 0.0833. The number of nitrogens with two attached hydrogens (primary N) is 1. The topological polar surface area (TPSA) is 101 Å². The Morgan fingerprint density at radius 1 is 0.969 bits per heavy atom. The maximum atomic E-state index is 13.1. The van der Waals surface area contributed by atoms with Crippen LogP contribution < -0.4 is 11.1 Å². The van der Waals surface area contributed by atoms with Gasteiger partial charge in [0, 0.05) is 41.1 Å². The number of benzene rings is 2. The molecule has 0 bridgehead atoms. The number of nitrogens with one attached hydrogen (secondary N) is 1. The molecule has 0 atom stereocenters. The minimum atomic E-state index is -0.283. The van der Waals surface area contributed by atoms with Gasteiger partial charge < -0.3 is 16.0 Å². The molecule has 0 radical (unpaired) electrons. The number of carbonyl (C=O) groups is 2. The Morgan fingerprint density at radius 3 is 2.34 bits per heavy atom. The second-order valence-corrected chi connectivity index (χ2v) is 7.97. The number of amides is 2. The molecule has 0 unspecified atom stereocenters. The largest absolute Gasteiger partial charge is 0.375 e. The summed E-state index contributed by atoms with van der Waals surface area (Å²) in [6.07, 6.45) is 3.33. The van der Waals surface area contributed by atoms with E-state index in [9.17, 15) is 9.59 Å². The Kier molecular flexibility index (Phi) is 6.52. The first-order valence-corrected chi connectivity index (χ1v) is 10.8. The predicted molar refractivity (Wildman–Crippen MR) is 126 cm³/mol. The van der Waals surface area contributed by atoms with Crippen molar-refractivity contribution < 1.29 is 9.59 Å². The van der Waals surface area contributed by atoms with Crippen molar-refractivity contribution in [3.63, 3.8) is 0 Å². The molecule has 0 aliphatic carbocycles. The fourth-order valence-electron chi connectivity index (χ4n) is 3.19. The summed E-state index contributed by atoms with van der Waals surface area (Å²) in [5.74, 6) is -0.497. The molecule has 2 amide bonds. The van der Waals surface area contributed by atoms with Gasteiger partial charge in [0.2, 0.25) is 5.91 Å². The average molecular weight is 444 g/mol. The third kappa shape index (κ3) is 5.35. The molecule has 4 aromatic rings. The standard InChI is InChI=1S/C24H21N5O2S/c25-24-28-21(16-32-24)18-6-8-20(9-7-18)27-22(30)15-29(14-17-10-12-26-13-11-17)23(31)19-4-2-1-3-5-19/h1-13,16H,14-15H2,(H2,25,28)(H,27,30). The van der Waals surface area contributed by atoms with E-state index in [1.165, 1.54) is 16.2 Å². The van der Waals surface area contributed by atoms with Crippen molar-refractivity contribution in [3.8, 4) is 11.3 Å². The van der Waals surface area contributed by atoms with Gasteiger partial charge in [-0.05, 0) is 42.0 Å². The van der Waals surface area contributed by atoms with Crippen LogP contribution in [0.25, 0.3) is 11.3 Å². The smallest absolute Gasteiger partial charge is 0.254 e. The lowest BCUT2D eigenvalue weighted by atomic mass is 10.1. The molecule has 2 heterocycles. The van der Waals surface area contributed by atoms with Gasteiger partial charge >= 0.3 is 0 Å². The van der Waals surface area contributed by atoms with E-state index < -0.39 is 0 Å². The van der Waals surface area contributed by atoms with Gasteiger partial charge in [-0.2, -0.15) is 0 Å². The summed E-state index contributed by atoms with van der Waals surface area (Å²) in [5.41, 5.74) is 9.46. The summed E-state index contributed by atoms with van der Waals surface area (Å²) >= 11 is 1.38. The number of carbonyl (C=O) groups excluding carboxylic acids is 2. The maximum Gasteiger partial charge on any atom is 0.254 e. The van der Waals surface area contributed by atoms with Crippen molar-refractivity contribution in [1.29, 1.82) is 0 Å². The van der Waals surface area contributed by atoms with Crippen LogP contribution in [-0.2, 0) is 11.3 Å². The maximum absolute atomic E-state index is 13.1. The molecular weight excluding hydrogens is 422 g/mol. The molecule has 160 valence electrons. The highest BCUT2D eigenvalue weighted by Gasteiger charge is 2.19. The molecule has 8 heteroatoms. The summed E-state index contributed by atoms with van der Waals surface area (Å²) < 4.78 is 0. The molecule has 4 rings (SSSR count). The van der Waals surface area contributed by atoms with Gasteiger partial charge in [-0.15, -0.1) is 11.3 Å². The van der Waals surface area contributed by atoms with Crippen LogP contribution >= 0.6 is 11.3 Å². The minimum Gasteiger partial charge on any atom is -0.375 e. The molecule has 32 heavy (non-hydrogen) atoms. The quantitative estimate of drug-likeness (QED) is 0.448. The Balaban J connectivity index is 1.46. The predicted octanol–water partition coefficient (Wildman–Crippen LogP) is 4.07. The van der Waals surface area contributed by atoms with E-state index in [1.54, 1.807) is 48.8 Å². The summed E-state index contributed by atoms with van der Waals surface area (Å²) in [5, 5.41) is 5.25. The van der Waals surface area contributed by atoms with Crippen molar-refractivity contribution >= 4 is 34.0 Å². The Hall–Kier alpha value is -4.04. The number of rotatable bonds is 7. The van der Waals surface area contributed by atoms with E-state index in [-0.39, 0.29) is 18.4 Å². The van der Waals surface area contributed by atoms with Crippen molar-refractivity contribution in [2.45, 2.75) is 6.54 Å². The third-order valence-corrected chi connectivity index (χ3v) is 5.43. The second kappa shape index (κ2) is 9.84. The molecule has 3 N–H and O–H groups in total. The first-order valence-electron chi connectivity index (χ1n) is 9.93. The second-order valence-electron chi connectivity index (χ2n) is 7.08. The van der Waals surface area contributed by atoms with E-state index in [0.717, 1.165) is 16.8 Å². The SMILES string of the molecule is Nc1nc(-c2ccc(NC(=O)CN(Cc3ccncc3)C(=O)c3ccccc3)cc2)cs1. The number of thiazole rings is 1. The van der Waals surface area contributed by atoms with Crippen LogP contribution in [0, 0.1) is 0 Å². The Morgan fingerprint density at radius 2 is 1.69 bits per heavy atom. The highest BCUT2D eigenvalue weighted by molar-refractivity contribution is 7.13. The van der Waals surface area contributed by atoms with Gasteiger partial charge in [-0.1, -0.05) is 30.3 Å². The number of hydrogen-bond donors (Lipinski definition) is 2. The van der Waals surface area contributed by atoms with Crippen LogP contribution in [0.3, 0.4) is 0 Å². The van der Waals surface area contributed by atoms with Crippen LogP contribution in [0.15, 0.2) is 84.5 Å². The van der Waals surface area contributed by atoms with E-state index in [0.29, 0.717) is 22.9 Å². The third-order valence-electron chi connectivity index (χ3n) is 4.75. The highest BCUT2D eigenvalue weighted by atomic mass is 32.1. The Labute approximate surface area is 189 Å². The average Bonchev–Trinajstić information content (AvgIpc) is 3.26. The lowest BCUT2D eigenvalue weighted by Crippen LogP contribution is -2.37. The van der Waals surface area contributed by atoms with Gasteiger partial charge in [-0.3, -0.25) is 14.6 Å². The summed E-state index contributed by atoms with van der Waals surface area (Å²) in [6, 6.07) is 19.9. The van der Waals surface area contributed by atoms with Gasteiger partial charge in [0.15, 0.2) is 5.13 Å². The van der Waals surface area contributed by atoms with Gasteiger partial charge in [0.25, 0.3) is 5.91 Å². The van der Waals surface area contributed by atoms with Crippen molar-refractivity contribution in [1.82, 2.24) is 14.9 Å². The molecule has 0 aliphatic rings. The van der Waals surface area contributed by atoms with Crippen LogP contribution in [0.2, 0.25) is 0 Å². The van der Waals surface area contributed by atoms with E-state index in [2.05, 4.69) is 15.3 Å². The summed E-state index contributed by atoms with van der Waals surface area (Å²) in [6.45, 7) is 0.217. The van der Waals surface area contributed by atoms with Crippen LogP contribution in [0.5, 0.6) is 0 Å². The van der Waals surface area contributed by atoms with E-state index >= 15 is 0 Å². The van der Waals surface area contributed by atoms with Crippen molar-refractivity contribution in [3.05, 3.63) is 95.6 Å². The van der Waals surface area contributed by atoms with Gasteiger partial charge in [0.1, 0.15) is 6.54 Å². The van der Waals surface area contributed by atoms with Crippen LogP contribution in [0.1, 0.15) is 15.9 Å². The van der Waals surface area contributed by atoms with Gasteiger partial charge in [0.05, 0.1) is 5.69 Å². The minimum absolute atomic E-state index is 0.0829. The number of anilines is 2. The molecule has 0 saturated heterocycles. The molecule has 2 aromatic heterocycles.